The molecule has 4 nitrogen and oxygen atoms in total. The molecule has 0 saturated carbocycles. The fraction of sp³-hybridized carbons (Fsp3) is 0.923. The van der Waals surface area contributed by atoms with Crippen molar-refractivity contribution in [1.29, 1.82) is 0 Å². The Hall–Kier alpha value is -0.770. The molecule has 2 heterocycles. The summed E-state index contributed by atoms with van der Waals surface area (Å²) in [6.45, 7) is 4.33. The van der Waals surface area contributed by atoms with Gasteiger partial charge in [-0.2, -0.15) is 0 Å². The van der Waals surface area contributed by atoms with E-state index in [0.29, 0.717) is 11.6 Å². The Balaban J connectivity index is 1.89. The van der Waals surface area contributed by atoms with E-state index < -0.39 is 0 Å². The number of fused-ring (bicyclic) bond motifs is 1. The molecule has 2 amide bonds. The predicted octanol–water partition coefficient (Wildman–Crippen LogP) is 1.66. The molecule has 2 unspecified atom stereocenters. The summed E-state index contributed by atoms with van der Waals surface area (Å²) >= 11 is 0. The van der Waals surface area contributed by atoms with Crippen molar-refractivity contribution in [2.75, 3.05) is 27.2 Å². The number of rotatable bonds is 3. The number of amides is 2. The van der Waals surface area contributed by atoms with Crippen molar-refractivity contribution in [2.24, 2.45) is 0 Å². The average molecular weight is 239 g/mol. The highest BCUT2D eigenvalue weighted by atomic mass is 16.2. The number of urea groups is 1. The Bertz CT molecular complexity index is 292. The van der Waals surface area contributed by atoms with Crippen LogP contribution in [0, 0.1) is 0 Å². The number of nitrogens with zero attached hydrogens (tertiary/aromatic N) is 2. The lowest BCUT2D eigenvalue weighted by molar-refractivity contribution is 0.143. The van der Waals surface area contributed by atoms with Crippen LogP contribution in [-0.2, 0) is 0 Å². The van der Waals surface area contributed by atoms with E-state index in [9.17, 15) is 4.79 Å². The molecular weight excluding hydrogens is 214 g/mol. The number of carbonyl (C=O) groups is 1. The van der Waals surface area contributed by atoms with E-state index in [4.69, 9.17) is 0 Å². The monoisotopic (exact) mass is 239 g/mol. The van der Waals surface area contributed by atoms with E-state index in [1.165, 1.54) is 38.6 Å². The van der Waals surface area contributed by atoms with Crippen LogP contribution < -0.4 is 5.32 Å². The van der Waals surface area contributed by atoms with Crippen LogP contribution in [0.3, 0.4) is 0 Å². The lowest BCUT2D eigenvalue weighted by Crippen LogP contribution is -2.47. The van der Waals surface area contributed by atoms with Gasteiger partial charge < -0.3 is 10.2 Å². The molecule has 0 aromatic heterocycles. The van der Waals surface area contributed by atoms with Crippen molar-refractivity contribution in [1.82, 2.24) is 15.1 Å². The summed E-state index contributed by atoms with van der Waals surface area (Å²) < 4.78 is 0. The Morgan fingerprint density at radius 2 is 2.24 bits per heavy atom. The molecule has 0 bridgehead atoms. The largest absolute Gasteiger partial charge is 0.336 e. The molecule has 17 heavy (non-hydrogen) atoms. The third-order valence-electron chi connectivity index (χ3n) is 4.59. The molecule has 2 atom stereocenters. The molecule has 4 heteroatoms. The lowest BCUT2D eigenvalue weighted by atomic mass is 9.91. The molecule has 2 rings (SSSR count). The Labute approximate surface area is 104 Å². The van der Waals surface area contributed by atoms with Crippen LogP contribution >= 0.6 is 0 Å². The third kappa shape index (κ3) is 2.28. The quantitative estimate of drug-likeness (QED) is 0.813. The third-order valence-corrected chi connectivity index (χ3v) is 4.59. The van der Waals surface area contributed by atoms with Gasteiger partial charge in [0.15, 0.2) is 0 Å². The standard InChI is InChI=1S/C13H25N3O/c1-4-13-7-5-9-16(13)11(6-8-13)10-14-12(17)15(2)3/h11H,4-10H2,1-3H3,(H,14,17). The number of nitrogens with one attached hydrogen (secondary N) is 1. The summed E-state index contributed by atoms with van der Waals surface area (Å²) in [6.07, 6.45) is 6.48. The van der Waals surface area contributed by atoms with Crippen molar-refractivity contribution in [3.8, 4) is 0 Å². The van der Waals surface area contributed by atoms with Gasteiger partial charge in [0.05, 0.1) is 0 Å². The van der Waals surface area contributed by atoms with Gasteiger partial charge >= 0.3 is 6.03 Å². The zero-order valence-electron chi connectivity index (χ0n) is 11.3. The van der Waals surface area contributed by atoms with Gasteiger partial charge in [0.25, 0.3) is 0 Å². The minimum Gasteiger partial charge on any atom is -0.336 e. The van der Waals surface area contributed by atoms with E-state index in [0.717, 1.165) is 6.54 Å². The molecule has 0 aromatic carbocycles. The van der Waals surface area contributed by atoms with Crippen LogP contribution in [0.4, 0.5) is 4.79 Å². The minimum atomic E-state index is 0.0261. The highest BCUT2D eigenvalue weighted by Gasteiger charge is 2.47. The van der Waals surface area contributed by atoms with Gasteiger partial charge in [-0.05, 0) is 38.6 Å². The SMILES string of the molecule is CCC12CCCN1C(CNC(=O)N(C)C)CC2. The maximum Gasteiger partial charge on any atom is 0.316 e. The minimum absolute atomic E-state index is 0.0261. The topological polar surface area (TPSA) is 35.6 Å². The van der Waals surface area contributed by atoms with Crippen molar-refractivity contribution < 1.29 is 4.79 Å². The van der Waals surface area contributed by atoms with Crippen LogP contribution in [0.2, 0.25) is 0 Å². The van der Waals surface area contributed by atoms with Crippen LogP contribution in [0.25, 0.3) is 0 Å². The maximum atomic E-state index is 11.5. The first-order valence-electron chi connectivity index (χ1n) is 6.81. The van der Waals surface area contributed by atoms with Gasteiger partial charge in [-0.3, -0.25) is 4.90 Å². The van der Waals surface area contributed by atoms with E-state index in [2.05, 4.69) is 17.1 Å². The van der Waals surface area contributed by atoms with Crippen molar-refractivity contribution in [2.45, 2.75) is 50.6 Å². The predicted molar refractivity (Wildman–Crippen MR) is 69.1 cm³/mol. The van der Waals surface area contributed by atoms with Gasteiger partial charge in [-0.25, -0.2) is 4.79 Å². The summed E-state index contributed by atoms with van der Waals surface area (Å²) in [7, 11) is 3.58. The van der Waals surface area contributed by atoms with Gasteiger partial charge in [0.2, 0.25) is 0 Å². The fourth-order valence-electron chi connectivity index (χ4n) is 3.52. The molecule has 0 radical (unpaired) electrons. The molecular formula is C13H25N3O. The van der Waals surface area contributed by atoms with Crippen molar-refractivity contribution in [3.05, 3.63) is 0 Å². The van der Waals surface area contributed by atoms with Gasteiger partial charge in [0.1, 0.15) is 0 Å². The first-order valence-corrected chi connectivity index (χ1v) is 6.81. The number of hydrogen-bond acceptors (Lipinski definition) is 2. The Morgan fingerprint density at radius 1 is 1.47 bits per heavy atom. The summed E-state index contributed by atoms with van der Waals surface area (Å²) in [6, 6.07) is 0.583. The first-order chi connectivity index (χ1) is 8.09. The van der Waals surface area contributed by atoms with E-state index in [-0.39, 0.29) is 6.03 Å². The fourth-order valence-corrected chi connectivity index (χ4v) is 3.52. The molecule has 98 valence electrons. The average Bonchev–Trinajstić information content (AvgIpc) is 2.84. The van der Waals surface area contributed by atoms with E-state index in [1.54, 1.807) is 19.0 Å². The Morgan fingerprint density at radius 3 is 2.88 bits per heavy atom. The summed E-state index contributed by atoms with van der Waals surface area (Å²) in [5.74, 6) is 0. The van der Waals surface area contributed by atoms with Gasteiger partial charge in [-0.15, -0.1) is 0 Å². The molecule has 0 aromatic rings. The second-order valence-electron chi connectivity index (χ2n) is 5.65. The normalized spacial score (nSPS) is 32.5. The van der Waals surface area contributed by atoms with Crippen LogP contribution in [0.1, 0.15) is 39.0 Å². The smallest absolute Gasteiger partial charge is 0.316 e. The van der Waals surface area contributed by atoms with Crippen LogP contribution in [0.5, 0.6) is 0 Å². The summed E-state index contributed by atoms with van der Waals surface area (Å²) in [4.78, 5) is 15.8. The molecule has 2 saturated heterocycles. The van der Waals surface area contributed by atoms with E-state index in [1.807, 2.05) is 0 Å². The number of carbonyl (C=O) groups excluding carboxylic acids is 1. The summed E-state index contributed by atoms with van der Waals surface area (Å²) in [5.41, 5.74) is 0.466. The lowest BCUT2D eigenvalue weighted by Gasteiger charge is -2.34. The molecule has 1 N–H and O–H groups in total. The highest BCUT2D eigenvalue weighted by Crippen LogP contribution is 2.44. The molecule has 0 aliphatic carbocycles. The van der Waals surface area contributed by atoms with E-state index >= 15 is 0 Å². The molecule has 2 aliphatic rings. The summed E-state index contributed by atoms with van der Waals surface area (Å²) in [5, 5.41) is 3.02. The molecule has 0 spiro atoms. The Kier molecular flexibility index (Phi) is 3.61. The van der Waals surface area contributed by atoms with Gasteiger partial charge in [0, 0.05) is 32.2 Å². The highest BCUT2D eigenvalue weighted by molar-refractivity contribution is 5.73. The van der Waals surface area contributed by atoms with Crippen molar-refractivity contribution in [3.63, 3.8) is 0 Å². The van der Waals surface area contributed by atoms with Crippen molar-refractivity contribution >= 4 is 6.03 Å². The van der Waals surface area contributed by atoms with Crippen LogP contribution in [-0.4, -0.2) is 54.6 Å². The zero-order valence-corrected chi connectivity index (χ0v) is 11.3. The molecule has 2 fully saturated rings. The first kappa shape index (κ1) is 12.7. The second-order valence-corrected chi connectivity index (χ2v) is 5.65. The molecule has 2 aliphatic heterocycles. The maximum absolute atomic E-state index is 11.5. The number of hydrogen-bond donors (Lipinski definition) is 1. The second kappa shape index (κ2) is 4.84. The zero-order chi connectivity index (χ0) is 12.5. The van der Waals surface area contributed by atoms with Gasteiger partial charge in [-0.1, -0.05) is 6.92 Å². The van der Waals surface area contributed by atoms with Crippen LogP contribution in [0.15, 0.2) is 0 Å².